The standard InChI is InChI=1S/C8H13Cl2NO2/c1-4-5(2)11-7(13)8(9,10)6(3)12/h5H,4H2,1-3H3,(H,11,13). The first kappa shape index (κ1) is 12.7. The smallest absolute Gasteiger partial charge is 0.264 e. The lowest BCUT2D eigenvalue weighted by atomic mass is 10.2. The second-order valence-corrected chi connectivity index (χ2v) is 4.24. The van der Waals surface area contributed by atoms with E-state index >= 15 is 0 Å². The number of ketones is 1. The summed E-state index contributed by atoms with van der Waals surface area (Å²) in [6.45, 7) is 4.89. The van der Waals surface area contributed by atoms with Gasteiger partial charge in [-0.15, -0.1) is 0 Å². The minimum absolute atomic E-state index is 0.0382. The molecule has 3 nitrogen and oxygen atoms in total. The first-order valence-electron chi connectivity index (χ1n) is 4.02. The predicted molar refractivity (Wildman–Crippen MR) is 53.0 cm³/mol. The van der Waals surface area contributed by atoms with Crippen LogP contribution in [0.1, 0.15) is 27.2 Å². The van der Waals surface area contributed by atoms with Crippen LogP contribution in [0.4, 0.5) is 0 Å². The lowest BCUT2D eigenvalue weighted by molar-refractivity contribution is -0.128. The minimum Gasteiger partial charge on any atom is -0.351 e. The van der Waals surface area contributed by atoms with Gasteiger partial charge in [-0.1, -0.05) is 30.1 Å². The molecule has 1 atom stereocenters. The Morgan fingerprint density at radius 3 is 2.23 bits per heavy atom. The molecule has 0 aliphatic heterocycles. The average molecular weight is 226 g/mol. The van der Waals surface area contributed by atoms with Gasteiger partial charge in [0, 0.05) is 6.04 Å². The molecule has 0 spiro atoms. The summed E-state index contributed by atoms with van der Waals surface area (Å²) in [5.74, 6) is -1.23. The quantitative estimate of drug-likeness (QED) is 0.585. The van der Waals surface area contributed by atoms with Gasteiger partial charge in [0.1, 0.15) is 0 Å². The van der Waals surface area contributed by atoms with Crippen LogP contribution in [0, 0.1) is 0 Å². The highest BCUT2D eigenvalue weighted by Gasteiger charge is 2.39. The summed E-state index contributed by atoms with van der Waals surface area (Å²) in [7, 11) is 0. The zero-order valence-corrected chi connectivity index (χ0v) is 9.37. The van der Waals surface area contributed by atoms with E-state index in [2.05, 4.69) is 5.32 Å². The summed E-state index contributed by atoms with van der Waals surface area (Å²) in [6.07, 6.45) is 0.757. The lowest BCUT2D eigenvalue weighted by Crippen LogP contribution is -2.46. The summed E-state index contributed by atoms with van der Waals surface area (Å²) in [5.41, 5.74) is 0. The van der Waals surface area contributed by atoms with Crippen molar-refractivity contribution in [2.75, 3.05) is 0 Å². The molecule has 0 aliphatic carbocycles. The molecule has 0 aromatic rings. The Bertz CT molecular complexity index is 216. The van der Waals surface area contributed by atoms with E-state index in [1.54, 1.807) is 0 Å². The number of carbonyl (C=O) groups is 2. The van der Waals surface area contributed by atoms with Gasteiger partial charge in [-0.3, -0.25) is 9.59 Å². The topological polar surface area (TPSA) is 46.2 Å². The fourth-order valence-electron chi connectivity index (χ4n) is 0.576. The van der Waals surface area contributed by atoms with Crippen LogP contribution in [-0.4, -0.2) is 22.1 Å². The molecule has 76 valence electrons. The fraction of sp³-hybridized carbons (Fsp3) is 0.750. The Labute approximate surface area is 87.8 Å². The van der Waals surface area contributed by atoms with E-state index in [0.29, 0.717) is 0 Å². The maximum absolute atomic E-state index is 11.3. The molecule has 1 amide bonds. The van der Waals surface area contributed by atoms with Crippen LogP contribution >= 0.6 is 23.2 Å². The Balaban J connectivity index is 4.34. The Morgan fingerprint density at radius 1 is 1.46 bits per heavy atom. The molecular formula is C8H13Cl2NO2. The third-order valence-corrected chi connectivity index (χ3v) is 2.59. The molecule has 1 N–H and O–H groups in total. The number of alkyl halides is 2. The van der Waals surface area contributed by atoms with Crippen molar-refractivity contribution >= 4 is 34.9 Å². The van der Waals surface area contributed by atoms with E-state index in [0.717, 1.165) is 6.42 Å². The first-order valence-corrected chi connectivity index (χ1v) is 4.77. The highest BCUT2D eigenvalue weighted by molar-refractivity contribution is 6.67. The number of carbonyl (C=O) groups excluding carboxylic acids is 2. The van der Waals surface area contributed by atoms with Crippen molar-refractivity contribution < 1.29 is 9.59 Å². The number of hydrogen-bond donors (Lipinski definition) is 1. The summed E-state index contributed by atoms with van der Waals surface area (Å²) >= 11 is 11.1. The van der Waals surface area contributed by atoms with Crippen LogP contribution in [0.3, 0.4) is 0 Å². The molecule has 5 heteroatoms. The summed E-state index contributed by atoms with van der Waals surface area (Å²) < 4.78 is -1.95. The summed E-state index contributed by atoms with van der Waals surface area (Å²) in [5, 5.41) is 2.53. The van der Waals surface area contributed by atoms with Crippen LogP contribution in [-0.2, 0) is 9.59 Å². The molecule has 0 radical (unpaired) electrons. The number of Topliss-reactive ketones (excluding diaryl/α,β-unsaturated/α-hetero) is 1. The monoisotopic (exact) mass is 225 g/mol. The highest BCUT2D eigenvalue weighted by Crippen LogP contribution is 2.22. The number of rotatable bonds is 4. The van der Waals surface area contributed by atoms with Crippen molar-refractivity contribution in [3.05, 3.63) is 0 Å². The van der Waals surface area contributed by atoms with Crippen LogP contribution in [0.5, 0.6) is 0 Å². The molecule has 0 bridgehead atoms. The minimum atomic E-state index is -1.95. The van der Waals surface area contributed by atoms with Gasteiger partial charge in [-0.05, 0) is 20.3 Å². The van der Waals surface area contributed by atoms with Gasteiger partial charge in [0.25, 0.3) is 10.2 Å². The molecule has 0 saturated carbocycles. The Morgan fingerprint density at radius 2 is 1.92 bits per heavy atom. The third kappa shape index (κ3) is 3.53. The first-order chi connectivity index (χ1) is 5.82. The van der Waals surface area contributed by atoms with Crippen LogP contribution < -0.4 is 5.32 Å². The van der Waals surface area contributed by atoms with Crippen LogP contribution in [0.2, 0.25) is 0 Å². The van der Waals surface area contributed by atoms with E-state index < -0.39 is 16.0 Å². The van der Waals surface area contributed by atoms with E-state index in [1.165, 1.54) is 6.92 Å². The number of nitrogens with one attached hydrogen (secondary N) is 1. The number of halogens is 2. The van der Waals surface area contributed by atoms with Gasteiger partial charge in [-0.25, -0.2) is 0 Å². The predicted octanol–water partition coefficient (Wildman–Crippen LogP) is 1.66. The van der Waals surface area contributed by atoms with E-state index in [4.69, 9.17) is 23.2 Å². The molecule has 0 aliphatic rings. The van der Waals surface area contributed by atoms with Gasteiger partial charge in [-0.2, -0.15) is 0 Å². The maximum atomic E-state index is 11.3. The fourth-order valence-corrected chi connectivity index (χ4v) is 0.685. The van der Waals surface area contributed by atoms with Gasteiger partial charge in [0.2, 0.25) is 0 Å². The summed E-state index contributed by atoms with van der Waals surface area (Å²) in [4.78, 5) is 22.1. The molecule has 1 unspecified atom stereocenters. The second kappa shape index (κ2) is 4.82. The molecule has 0 fully saturated rings. The molecule has 0 rings (SSSR count). The Hall–Kier alpha value is -0.280. The van der Waals surface area contributed by atoms with Crippen molar-refractivity contribution in [3.63, 3.8) is 0 Å². The summed E-state index contributed by atoms with van der Waals surface area (Å²) in [6, 6.07) is -0.0382. The van der Waals surface area contributed by atoms with Gasteiger partial charge in [0.15, 0.2) is 5.78 Å². The zero-order valence-electron chi connectivity index (χ0n) is 7.86. The average Bonchev–Trinajstić information content (AvgIpc) is 2.03. The Kier molecular flexibility index (Phi) is 4.71. The van der Waals surface area contributed by atoms with Crippen molar-refractivity contribution in [1.29, 1.82) is 0 Å². The van der Waals surface area contributed by atoms with Crippen LogP contribution in [0.25, 0.3) is 0 Å². The van der Waals surface area contributed by atoms with Crippen molar-refractivity contribution in [2.24, 2.45) is 0 Å². The van der Waals surface area contributed by atoms with Gasteiger partial charge < -0.3 is 5.32 Å². The SMILES string of the molecule is CCC(C)NC(=O)C(Cl)(Cl)C(C)=O. The van der Waals surface area contributed by atoms with E-state index in [9.17, 15) is 9.59 Å². The molecule has 13 heavy (non-hydrogen) atoms. The van der Waals surface area contributed by atoms with Gasteiger partial charge in [0.05, 0.1) is 0 Å². The molecule has 0 saturated heterocycles. The van der Waals surface area contributed by atoms with Crippen LogP contribution in [0.15, 0.2) is 0 Å². The molecule has 0 aromatic heterocycles. The second-order valence-electron chi connectivity index (χ2n) is 2.91. The van der Waals surface area contributed by atoms with Crippen molar-refractivity contribution in [3.8, 4) is 0 Å². The maximum Gasteiger partial charge on any atom is 0.264 e. The van der Waals surface area contributed by atoms with E-state index in [1.807, 2.05) is 13.8 Å². The van der Waals surface area contributed by atoms with Crippen molar-refractivity contribution in [1.82, 2.24) is 5.32 Å². The third-order valence-electron chi connectivity index (χ3n) is 1.72. The van der Waals surface area contributed by atoms with Gasteiger partial charge >= 0.3 is 0 Å². The molecular weight excluding hydrogens is 213 g/mol. The zero-order chi connectivity index (χ0) is 10.6. The highest BCUT2D eigenvalue weighted by atomic mass is 35.5. The number of amides is 1. The largest absolute Gasteiger partial charge is 0.351 e. The number of hydrogen-bond acceptors (Lipinski definition) is 2. The van der Waals surface area contributed by atoms with Crippen molar-refractivity contribution in [2.45, 2.75) is 37.6 Å². The van der Waals surface area contributed by atoms with E-state index in [-0.39, 0.29) is 6.04 Å². The molecule has 0 aromatic carbocycles. The normalized spacial score (nSPS) is 13.6. The lowest BCUT2D eigenvalue weighted by Gasteiger charge is -2.18. The molecule has 0 heterocycles.